The molecule has 6 heteroatoms. The smallest absolute Gasteiger partial charge is 0.150 e. The molecule has 0 amide bonds. The lowest BCUT2D eigenvalue weighted by atomic mass is 10.1. The number of ether oxygens (including phenoxy) is 1. The molecule has 4 nitrogen and oxygen atoms in total. The van der Waals surface area contributed by atoms with Gasteiger partial charge in [0.15, 0.2) is 0 Å². The predicted molar refractivity (Wildman–Crippen MR) is 73.4 cm³/mol. The van der Waals surface area contributed by atoms with Crippen molar-refractivity contribution in [1.29, 1.82) is 0 Å². The normalized spacial score (nSPS) is 13.3. The lowest BCUT2D eigenvalue weighted by Gasteiger charge is -2.10. The average Bonchev–Trinajstić information content (AvgIpc) is 2.34. The molecule has 108 valence electrons. The van der Waals surface area contributed by atoms with E-state index in [1.165, 1.54) is 6.07 Å². The summed E-state index contributed by atoms with van der Waals surface area (Å²) in [7, 11) is -2.97. The van der Waals surface area contributed by atoms with Crippen molar-refractivity contribution < 1.29 is 17.5 Å². The first-order valence-corrected chi connectivity index (χ1v) is 8.06. The van der Waals surface area contributed by atoms with E-state index >= 15 is 0 Å². The van der Waals surface area contributed by atoms with E-state index in [2.05, 4.69) is 0 Å². The van der Waals surface area contributed by atoms with Gasteiger partial charge in [0.2, 0.25) is 0 Å². The fraction of sp³-hybridized carbons (Fsp3) is 0.538. The predicted octanol–water partition coefficient (Wildman–Crippen LogP) is 2.05. The van der Waals surface area contributed by atoms with Crippen LogP contribution in [0.2, 0.25) is 0 Å². The molecule has 0 fully saturated rings. The summed E-state index contributed by atoms with van der Waals surface area (Å²) in [6.07, 6.45) is 0.396. The van der Waals surface area contributed by atoms with Crippen molar-refractivity contribution in [3.8, 4) is 5.75 Å². The fourth-order valence-corrected chi connectivity index (χ4v) is 2.43. The van der Waals surface area contributed by atoms with Crippen molar-refractivity contribution in [2.45, 2.75) is 26.3 Å². The van der Waals surface area contributed by atoms with E-state index in [1.54, 1.807) is 26.0 Å². The Bertz CT molecular complexity index is 515. The van der Waals surface area contributed by atoms with Gasteiger partial charge in [0.05, 0.1) is 12.4 Å². The number of benzene rings is 1. The van der Waals surface area contributed by atoms with Crippen LogP contribution in [0.15, 0.2) is 18.2 Å². The van der Waals surface area contributed by atoms with Crippen LogP contribution in [0.1, 0.15) is 31.9 Å². The number of sulfone groups is 1. The fourth-order valence-electron chi connectivity index (χ4n) is 1.58. The Kier molecular flexibility index (Phi) is 5.75. The molecule has 1 unspecified atom stereocenters. The van der Waals surface area contributed by atoms with Gasteiger partial charge in [-0.1, -0.05) is 13.0 Å². The maximum Gasteiger partial charge on any atom is 0.150 e. The maximum absolute atomic E-state index is 13.6. The summed E-state index contributed by atoms with van der Waals surface area (Å²) in [5.74, 6) is 0.193. The van der Waals surface area contributed by atoms with E-state index < -0.39 is 15.7 Å². The van der Waals surface area contributed by atoms with Gasteiger partial charge in [-0.2, -0.15) is 0 Å². The third kappa shape index (κ3) is 5.16. The van der Waals surface area contributed by atoms with Gasteiger partial charge >= 0.3 is 0 Å². The highest BCUT2D eigenvalue weighted by Crippen LogP contribution is 2.20. The second-order valence-corrected chi connectivity index (χ2v) is 6.88. The Morgan fingerprint density at radius 1 is 1.42 bits per heavy atom. The molecule has 2 N–H and O–H groups in total. The third-order valence-electron chi connectivity index (χ3n) is 2.77. The molecule has 0 saturated carbocycles. The lowest BCUT2D eigenvalue weighted by molar-refractivity contribution is 0.315. The second-order valence-electron chi connectivity index (χ2n) is 4.41. The summed E-state index contributed by atoms with van der Waals surface area (Å²) in [6, 6.07) is 4.12. The number of rotatable bonds is 7. The monoisotopic (exact) mass is 289 g/mol. The lowest BCUT2D eigenvalue weighted by Crippen LogP contribution is -2.12. The van der Waals surface area contributed by atoms with Gasteiger partial charge in [-0.05, 0) is 19.4 Å². The Morgan fingerprint density at radius 3 is 2.63 bits per heavy atom. The van der Waals surface area contributed by atoms with Gasteiger partial charge < -0.3 is 10.5 Å². The highest BCUT2D eigenvalue weighted by molar-refractivity contribution is 7.91. The molecule has 0 aliphatic heterocycles. The summed E-state index contributed by atoms with van der Waals surface area (Å²) in [4.78, 5) is 0. The zero-order valence-electron chi connectivity index (χ0n) is 11.2. The Labute approximate surface area is 113 Å². The van der Waals surface area contributed by atoms with Crippen LogP contribution in [0.25, 0.3) is 0 Å². The molecule has 1 aromatic carbocycles. The van der Waals surface area contributed by atoms with Crippen LogP contribution < -0.4 is 10.5 Å². The summed E-state index contributed by atoms with van der Waals surface area (Å²) >= 11 is 0. The largest absolute Gasteiger partial charge is 0.493 e. The van der Waals surface area contributed by atoms with Gasteiger partial charge in [-0.3, -0.25) is 0 Å². The molecule has 19 heavy (non-hydrogen) atoms. The van der Waals surface area contributed by atoms with E-state index in [9.17, 15) is 12.8 Å². The van der Waals surface area contributed by atoms with Crippen molar-refractivity contribution in [1.82, 2.24) is 0 Å². The zero-order valence-corrected chi connectivity index (χ0v) is 12.0. The Morgan fingerprint density at radius 2 is 2.11 bits per heavy atom. The van der Waals surface area contributed by atoms with E-state index in [1.807, 2.05) is 0 Å². The van der Waals surface area contributed by atoms with Crippen LogP contribution in [-0.2, 0) is 9.84 Å². The van der Waals surface area contributed by atoms with Crippen LogP contribution in [-0.4, -0.2) is 26.5 Å². The quantitative estimate of drug-likeness (QED) is 0.780. The van der Waals surface area contributed by atoms with Crippen LogP contribution in [0.5, 0.6) is 5.75 Å². The summed E-state index contributed by atoms with van der Waals surface area (Å²) < 4.78 is 41.4. The Balaban J connectivity index is 2.49. The van der Waals surface area contributed by atoms with Crippen molar-refractivity contribution in [3.63, 3.8) is 0 Å². The standard InChI is InChI=1S/C13H20FNO3S/c1-3-19(16,17)8-4-7-18-11-5-6-12(10(2)15)13(14)9-11/h5-6,9-10H,3-4,7-8,15H2,1-2H3. The van der Waals surface area contributed by atoms with Crippen LogP contribution >= 0.6 is 0 Å². The first kappa shape index (κ1) is 15.9. The minimum absolute atomic E-state index is 0.0872. The molecule has 0 heterocycles. The van der Waals surface area contributed by atoms with Gasteiger partial charge in [0.25, 0.3) is 0 Å². The van der Waals surface area contributed by atoms with Crippen molar-refractivity contribution >= 4 is 9.84 Å². The molecule has 0 aliphatic rings. The van der Waals surface area contributed by atoms with Gasteiger partial charge in [0.1, 0.15) is 21.4 Å². The Hall–Kier alpha value is -1.14. The molecular formula is C13H20FNO3S. The molecular weight excluding hydrogens is 269 g/mol. The zero-order chi connectivity index (χ0) is 14.5. The minimum atomic E-state index is -2.97. The van der Waals surface area contributed by atoms with Gasteiger partial charge in [-0.15, -0.1) is 0 Å². The summed E-state index contributed by atoms with van der Waals surface area (Å²) in [5.41, 5.74) is 6.03. The minimum Gasteiger partial charge on any atom is -0.493 e. The molecule has 0 aliphatic carbocycles. The average molecular weight is 289 g/mol. The molecule has 0 spiro atoms. The highest BCUT2D eigenvalue weighted by atomic mass is 32.2. The maximum atomic E-state index is 13.6. The SMILES string of the molecule is CCS(=O)(=O)CCCOc1ccc(C(C)N)c(F)c1. The second kappa shape index (κ2) is 6.86. The van der Waals surface area contributed by atoms with Crippen molar-refractivity contribution in [2.24, 2.45) is 5.73 Å². The van der Waals surface area contributed by atoms with Gasteiger partial charge in [-0.25, -0.2) is 12.8 Å². The topological polar surface area (TPSA) is 69.4 Å². The van der Waals surface area contributed by atoms with E-state index in [4.69, 9.17) is 10.5 Å². The number of hydrogen-bond acceptors (Lipinski definition) is 4. The van der Waals surface area contributed by atoms with E-state index in [0.717, 1.165) is 0 Å². The molecule has 1 rings (SSSR count). The molecule has 1 aromatic rings. The van der Waals surface area contributed by atoms with Crippen molar-refractivity contribution in [3.05, 3.63) is 29.6 Å². The summed E-state index contributed by atoms with van der Waals surface area (Å²) in [5, 5.41) is 0. The molecule has 1 atom stereocenters. The number of hydrogen-bond donors (Lipinski definition) is 1. The molecule has 0 radical (unpaired) electrons. The van der Waals surface area contributed by atoms with E-state index in [0.29, 0.717) is 17.7 Å². The first-order valence-electron chi connectivity index (χ1n) is 6.24. The number of nitrogens with two attached hydrogens (primary N) is 1. The third-order valence-corrected chi connectivity index (χ3v) is 4.56. The van der Waals surface area contributed by atoms with Crippen LogP contribution in [0.4, 0.5) is 4.39 Å². The summed E-state index contributed by atoms with van der Waals surface area (Å²) in [6.45, 7) is 3.56. The number of halogens is 1. The van der Waals surface area contributed by atoms with E-state index in [-0.39, 0.29) is 24.2 Å². The van der Waals surface area contributed by atoms with Crippen LogP contribution in [0, 0.1) is 5.82 Å². The highest BCUT2D eigenvalue weighted by Gasteiger charge is 2.09. The first-order chi connectivity index (χ1) is 8.85. The molecule has 0 saturated heterocycles. The molecule has 0 bridgehead atoms. The van der Waals surface area contributed by atoms with Crippen molar-refractivity contribution in [2.75, 3.05) is 18.1 Å². The van der Waals surface area contributed by atoms with Gasteiger partial charge in [0, 0.05) is 23.4 Å². The van der Waals surface area contributed by atoms with Crippen LogP contribution in [0.3, 0.4) is 0 Å². The molecule has 0 aromatic heterocycles.